The largest absolute Gasteiger partial charge is 0.465 e. The number of furan rings is 1. The molecule has 0 aliphatic carbocycles. The van der Waals surface area contributed by atoms with E-state index in [2.05, 4.69) is 0 Å². The van der Waals surface area contributed by atoms with Gasteiger partial charge in [-0.05, 0) is 26.0 Å². The number of carbonyl (C=O) groups excluding carboxylic acids is 2. The van der Waals surface area contributed by atoms with E-state index in [0.29, 0.717) is 5.76 Å². The lowest BCUT2D eigenvalue weighted by molar-refractivity contribution is -0.150. The average Bonchev–Trinajstić information content (AvgIpc) is 2.67. The molecule has 4 nitrogen and oxygen atoms in total. The summed E-state index contributed by atoms with van der Waals surface area (Å²) in [6.07, 6.45) is 1.47. The number of carbonyl (C=O) groups is 2. The quantitative estimate of drug-likeness (QED) is 0.699. The Morgan fingerprint density at radius 3 is 2.73 bits per heavy atom. The third-order valence-corrected chi connectivity index (χ3v) is 1.93. The maximum Gasteiger partial charge on any atom is 0.306 e. The molecule has 15 heavy (non-hydrogen) atoms. The first-order chi connectivity index (χ1) is 7.09. The van der Waals surface area contributed by atoms with Crippen LogP contribution in [0.4, 0.5) is 0 Å². The van der Waals surface area contributed by atoms with Crippen molar-refractivity contribution in [2.45, 2.75) is 32.8 Å². The Kier molecular flexibility index (Phi) is 4.09. The van der Waals surface area contributed by atoms with Crippen molar-refractivity contribution in [3.05, 3.63) is 24.2 Å². The molecule has 0 aliphatic heterocycles. The summed E-state index contributed by atoms with van der Waals surface area (Å²) >= 11 is 0. The van der Waals surface area contributed by atoms with Gasteiger partial charge in [-0.15, -0.1) is 0 Å². The summed E-state index contributed by atoms with van der Waals surface area (Å²) in [5, 5.41) is 0. The van der Waals surface area contributed by atoms with Crippen LogP contribution in [-0.2, 0) is 14.3 Å². The van der Waals surface area contributed by atoms with Gasteiger partial charge in [0.2, 0.25) is 0 Å². The van der Waals surface area contributed by atoms with Crippen molar-refractivity contribution in [1.29, 1.82) is 0 Å². The molecule has 0 N–H and O–H groups in total. The van der Waals surface area contributed by atoms with E-state index in [9.17, 15) is 9.59 Å². The minimum absolute atomic E-state index is 0.0161. The summed E-state index contributed by atoms with van der Waals surface area (Å²) in [5.41, 5.74) is 0. The van der Waals surface area contributed by atoms with Crippen molar-refractivity contribution < 1.29 is 18.7 Å². The maximum atomic E-state index is 11.2. The van der Waals surface area contributed by atoms with Gasteiger partial charge in [0.15, 0.2) is 6.10 Å². The first-order valence-corrected chi connectivity index (χ1v) is 4.82. The molecule has 0 aromatic carbocycles. The van der Waals surface area contributed by atoms with Crippen LogP contribution in [-0.4, -0.2) is 11.8 Å². The van der Waals surface area contributed by atoms with E-state index in [-0.39, 0.29) is 24.6 Å². The molecule has 1 unspecified atom stereocenters. The van der Waals surface area contributed by atoms with Gasteiger partial charge in [-0.1, -0.05) is 0 Å². The lowest BCUT2D eigenvalue weighted by atomic mass is 10.2. The monoisotopic (exact) mass is 210 g/mol. The molecule has 1 rings (SSSR count). The Morgan fingerprint density at radius 2 is 2.20 bits per heavy atom. The minimum Gasteiger partial charge on any atom is -0.465 e. The van der Waals surface area contributed by atoms with E-state index in [1.807, 2.05) is 0 Å². The van der Waals surface area contributed by atoms with Crippen LogP contribution in [0.15, 0.2) is 22.8 Å². The third kappa shape index (κ3) is 3.97. The van der Waals surface area contributed by atoms with Crippen molar-refractivity contribution in [2.75, 3.05) is 0 Å². The van der Waals surface area contributed by atoms with Gasteiger partial charge in [0, 0.05) is 6.42 Å². The molecule has 1 atom stereocenters. The summed E-state index contributed by atoms with van der Waals surface area (Å²) in [6.45, 7) is 3.17. The molecule has 0 saturated heterocycles. The number of ether oxygens (including phenoxy) is 1. The second kappa shape index (κ2) is 5.34. The Morgan fingerprint density at radius 1 is 1.47 bits per heavy atom. The summed E-state index contributed by atoms with van der Waals surface area (Å²) in [4.78, 5) is 21.9. The third-order valence-electron chi connectivity index (χ3n) is 1.93. The normalized spacial score (nSPS) is 12.1. The van der Waals surface area contributed by atoms with Gasteiger partial charge in [-0.2, -0.15) is 0 Å². The van der Waals surface area contributed by atoms with Crippen LogP contribution >= 0.6 is 0 Å². The number of esters is 1. The fourth-order valence-electron chi connectivity index (χ4n) is 1.11. The van der Waals surface area contributed by atoms with Crippen LogP contribution in [0.25, 0.3) is 0 Å². The molecule has 0 saturated carbocycles. The van der Waals surface area contributed by atoms with Crippen molar-refractivity contribution in [3.63, 3.8) is 0 Å². The fourth-order valence-corrected chi connectivity index (χ4v) is 1.11. The smallest absolute Gasteiger partial charge is 0.306 e. The number of rotatable bonds is 5. The van der Waals surface area contributed by atoms with Crippen LogP contribution in [0.2, 0.25) is 0 Å². The molecular weight excluding hydrogens is 196 g/mol. The molecule has 0 radical (unpaired) electrons. The van der Waals surface area contributed by atoms with Gasteiger partial charge in [-0.25, -0.2) is 0 Å². The standard InChI is InChI=1S/C11H14O4/c1-8(12)5-6-11(13)15-9(2)10-4-3-7-14-10/h3-4,7,9H,5-6H2,1-2H3. The van der Waals surface area contributed by atoms with Crippen LogP contribution < -0.4 is 0 Å². The van der Waals surface area contributed by atoms with Gasteiger partial charge < -0.3 is 13.9 Å². The van der Waals surface area contributed by atoms with E-state index >= 15 is 0 Å². The highest BCUT2D eigenvalue weighted by molar-refractivity contribution is 5.81. The SMILES string of the molecule is CC(=O)CCC(=O)OC(C)c1ccco1. The van der Waals surface area contributed by atoms with Crippen LogP contribution in [0, 0.1) is 0 Å². The van der Waals surface area contributed by atoms with E-state index in [1.165, 1.54) is 13.2 Å². The zero-order valence-corrected chi connectivity index (χ0v) is 8.86. The second-order valence-electron chi connectivity index (χ2n) is 3.35. The van der Waals surface area contributed by atoms with E-state index in [1.54, 1.807) is 19.1 Å². The highest BCUT2D eigenvalue weighted by Gasteiger charge is 2.13. The number of ketones is 1. The van der Waals surface area contributed by atoms with Crippen LogP contribution in [0.1, 0.15) is 38.6 Å². The van der Waals surface area contributed by atoms with Crippen LogP contribution in [0.5, 0.6) is 0 Å². The van der Waals surface area contributed by atoms with E-state index < -0.39 is 6.10 Å². The number of hydrogen-bond acceptors (Lipinski definition) is 4. The number of hydrogen-bond donors (Lipinski definition) is 0. The Hall–Kier alpha value is -1.58. The molecule has 0 fully saturated rings. The van der Waals surface area contributed by atoms with Crippen molar-refractivity contribution in [3.8, 4) is 0 Å². The predicted octanol–water partition coefficient (Wildman–Crippen LogP) is 2.25. The summed E-state index contributed by atoms with van der Waals surface area (Å²) in [5.74, 6) is 0.206. The summed E-state index contributed by atoms with van der Waals surface area (Å²) in [6, 6.07) is 3.47. The molecule has 0 bridgehead atoms. The molecule has 4 heteroatoms. The molecule has 1 aromatic heterocycles. The molecule has 1 aromatic rings. The molecule has 0 aliphatic rings. The first kappa shape index (κ1) is 11.5. The lowest BCUT2D eigenvalue weighted by Crippen LogP contribution is -2.09. The zero-order valence-electron chi connectivity index (χ0n) is 8.86. The molecule has 0 amide bonds. The Bertz CT molecular complexity index is 326. The van der Waals surface area contributed by atoms with Crippen LogP contribution in [0.3, 0.4) is 0 Å². The van der Waals surface area contributed by atoms with Crippen molar-refractivity contribution in [2.24, 2.45) is 0 Å². The number of Topliss-reactive ketones (excluding diaryl/α,β-unsaturated/α-hetero) is 1. The van der Waals surface area contributed by atoms with E-state index in [0.717, 1.165) is 0 Å². The van der Waals surface area contributed by atoms with Gasteiger partial charge in [-0.3, -0.25) is 4.79 Å². The maximum absolute atomic E-state index is 11.2. The Balaban J connectivity index is 2.35. The van der Waals surface area contributed by atoms with Gasteiger partial charge in [0.05, 0.1) is 12.7 Å². The lowest BCUT2D eigenvalue weighted by Gasteiger charge is -2.09. The van der Waals surface area contributed by atoms with Gasteiger partial charge in [0.25, 0.3) is 0 Å². The fraction of sp³-hybridized carbons (Fsp3) is 0.455. The predicted molar refractivity (Wildman–Crippen MR) is 53.1 cm³/mol. The average molecular weight is 210 g/mol. The highest BCUT2D eigenvalue weighted by Crippen LogP contribution is 2.17. The molecule has 0 spiro atoms. The minimum atomic E-state index is -0.403. The molecule has 82 valence electrons. The van der Waals surface area contributed by atoms with Crippen molar-refractivity contribution in [1.82, 2.24) is 0 Å². The summed E-state index contributed by atoms with van der Waals surface area (Å²) in [7, 11) is 0. The first-order valence-electron chi connectivity index (χ1n) is 4.82. The second-order valence-corrected chi connectivity index (χ2v) is 3.35. The van der Waals surface area contributed by atoms with Gasteiger partial charge >= 0.3 is 5.97 Å². The zero-order chi connectivity index (χ0) is 11.3. The Labute approximate surface area is 88.2 Å². The molecule has 1 heterocycles. The summed E-state index contributed by atoms with van der Waals surface area (Å²) < 4.78 is 10.1. The highest BCUT2D eigenvalue weighted by atomic mass is 16.5. The van der Waals surface area contributed by atoms with Crippen molar-refractivity contribution >= 4 is 11.8 Å². The molecular formula is C11H14O4. The van der Waals surface area contributed by atoms with E-state index in [4.69, 9.17) is 9.15 Å². The topological polar surface area (TPSA) is 56.5 Å². The van der Waals surface area contributed by atoms with Gasteiger partial charge in [0.1, 0.15) is 11.5 Å².